The molecule has 2 atom stereocenters. The van der Waals surface area contributed by atoms with Gasteiger partial charge in [0.25, 0.3) is 0 Å². The lowest BCUT2D eigenvalue weighted by Crippen LogP contribution is -2.51. The van der Waals surface area contributed by atoms with E-state index in [0.717, 1.165) is 12.2 Å². The lowest BCUT2D eigenvalue weighted by molar-refractivity contribution is -0.140. The summed E-state index contributed by atoms with van der Waals surface area (Å²) in [7, 11) is 0. The number of aromatic nitrogens is 2. The van der Waals surface area contributed by atoms with E-state index in [2.05, 4.69) is 30.3 Å². The highest BCUT2D eigenvalue weighted by atomic mass is 16.2. The van der Waals surface area contributed by atoms with Crippen LogP contribution in [0.5, 0.6) is 0 Å². The first-order chi connectivity index (χ1) is 11.5. The fourth-order valence-electron chi connectivity index (χ4n) is 3.46. The maximum atomic E-state index is 12.4. The molecule has 0 aromatic carbocycles. The van der Waals surface area contributed by atoms with E-state index in [1.54, 1.807) is 6.20 Å². The first kappa shape index (κ1) is 17.0. The lowest BCUT2D eigenvalue weighted by Gasteiger charge is -2.35. The number of piperazine rings is 1. The van der Waals surface area contributed by atoms with Crippen molar-refractivity contribution in [2.75, 3.05) is 26.2 Å². The molecular weight excluding hydrogens is 304 g/mol. The smallest absolute Gasteiger partial charge is 0.226 e. The summed E-state index contributed by atoms with van der Waals surface area (Å²) in [5.41, 5.74) is 0. The molecule has 0 N–H and O–H groups in total. The Bertz CT molecular complexity index is 602. The molecular formula is C18H28N4O2. The van der Waals surface area contributed by atoms with Crippen molar-refractivity contribution in [3.05, 3.63) is 18.2 Å². The van der Waals surface area contributed by atoms with Gasteiger partial charge >= 0.3 is 0 Å². The SMILES string of the molecule is CC(C)c1nccn1CCC(=O)N1CCN(C(=O)[C@H]2C[C@H]2C)CC1. The van der Waals surface area contributed by atoms with E-state index in [1.807, 2.05) is 16.0 Å². The van der Waals surface area contributed by atoms with Crippen LogP contribution in [0.1, 0.15) is 45.4 Å². The summed E-state index contributed by atoms with van der Waals surface area (Å²) in [6.45, 7) is 9.69. The monoisotopic (exact) mass is 332 g/mol. The summed E-state index contributed by atoms with van der Waals surface area (Å²) in [6, 6.07) is 0. The Morgan fingerprint density at radius 1 is 1.21 bits per heavy atom. The van der Waals surface area contributed by atoms with Gasteiger partial charge in [-0.15, -0.1) is 0 Å². The van der Waals surface area contributed by atoms with Crippen molar-refractivity contribution >= 4 is 11.8 Å². The largest absolute Gasteiger partial charge is 0.339 e. The predicted octanol–water partition coefficient (Wildman–Crippen LogP) is 1.72. The van der Waals surface area contributed by atoms with Crippen LogP contribution in [-0.2, 0) is 16.1 Å². The topological polar surface area (TPSA) is 58.4 Å². The van der Waals surface area contributed by atoms with Gasteiger partial charge in [-0.3, -0.25) is 9.59 Å². The van der Waals surface area contributed by atoms with E-state index in [0.29, 0.717) is 51.0 Å². The van der Waals surface area contributed by atoms with Crippen molar-refractivity contribution in [3.8, 4) is 0 Å². The van der Waals surface area contributed by atoms with Crippen LogP contribution in [0.2, 0.25) is 0 Å². The maximum Gasteiger partial charge on any atom is 0.226 e. The van der Waals surface area contributed by atoms with Crippen LogP contribution in [0.3, 0.4) is 0 Å². The van der Waals surface area contributed by atoms with Gasteiger partial charge in [-0.2, -0.15) is 0 Å². The Morgan fingerprint density at radius 3 is 2.42 bits per heavy atom. The first-order valence-electron chi connectivity index (χ1n) is 9.05. The van der Waals surface area contributed by atoms with Crippen LogP contribution < -0.4 is 0 Å². The number of rotatable bonds is 5. The molecule has 1 aliphatic heterocycles. The molecule has 0 radical (unpaired) electrons. The number of aryl methyl sites for hydroxylation is 1. The molecule has 1 saturated carbocycles. The maximum absolute atomic E-state index is 12.4. The molecule has 1 saturated heterocycles. The normalized spacial score (nSPS) is 23.7. The third-order valence-electron chi connectivity index (χ3n) is 5.20. The molecule has 1 aromatic rings. The van der Waals surface area contributed by atoms with Crippen molar-refractivity contribution in [1.82, 2.24) is 19.4 Å². The van der Waals surface area contributed by atoms with Crippen molar-refractivity contribution < 1.29 is 9.59 Å². The molecule has 1 aromatic heterocycles. The van der Waals surface area contributed by atoms with Gasteiger partial charge in [0.05, 0.1) is 0 Å². The Kier molecular flexibility index (Phi) is 4.92. The summed E-state index contributed by atoms with van der Waals surface area (Å²) in [5.74, 6) is 2.62. The Morgan fingerprint density at radius 2 is 1.83 bits per heavy atom. The van der Waals surface area contributed by atoms with Crippen molar-refractivity contribution in [1.29, 1.82) is 0 Å². The Hall–Kier alpha value is -1.85. The zero-order valence-corrected chi connectivity index (χ0v) is 14.9. The van der Waals surface area contributed by atoms with Gasteiger partial charge < -0.3 is 14.4 Å². The summed E-state index contributed by atoms with van der Waals surface area (Å²) < 4.78 is 2.07. The van der Waals surface area contributed by atoms with Crippen LogP contribution in [-0.4, -0.2) is 57.3 Å². The molecule has 2 heterocycles. The van der Waals surface area contributed by atoms with E-state index < -0.39 is 0 Å². The van der Waals surface area contributed by atoms with E-state index in [1.165, 1.54) is 0 Å². The molecule has 2 fully saturated rings. The van der Waals surface area contributed by atoms with Crippen molar-refractivity contribution in [2.24, 2.45) is 11.8 Å². The lowest BCUT2D eigenvalue weighted by atomic mass is 10.2. The van der Waals surface area contributed by atoms with Crippen molar-refractivity contribution in [2.45, 2.75) is 46.1 Å². The van der Waals surface area contributed by atoms with Gasteiger partial charge in [-0.25, -0.2) is 4.98 Å². The minimum absolute atomic E-state index is 0.172. The third kappa shape index (κ3) is 3.62. The van der Waals surface area contributed by atoms with Gasteiger partial charge in [-0.05, 0) is 12.3 Å². The molecule has 0 bridgehead atoms. The average Bonchev–Trinajstić information content (AvgIpc) is 3.11. The van der Waals surface area contributed by atoms with Crippen LogP contribution in [0.4, 0.5) is 0 Å². The number of hydrogen-bond donors (Lipinski definition) is 0. The Balaban J connectivity index is 1.45. The molecule has 0 spiro atoms. The molecule has 132 valence electrons. The van der Waals surface area contributed by atoms with E-state index >= 15 is 0 Å². The Labute approximate surface area is 143 Å². The highest BCUT2D eigenvalue weighted by Gasteiger charge is 2.42. The standard InChI is InChI=1S/C18H28N4O2/c1-13(2)17-19-5-7-21(17)6-4-16(23)20-8-10-22(11-9-20)18(24)15-12-14(15)3/h5,7,13-15H,4,6,8-12H2,1-3H3/t14-,15+/m1/s1. The van der Waals surface area contributed by atoms with E-state index in [4.69, 9.17) is 0 Å². The number of carbonyl (C=O) groups is 2. The first-order valence-corrected chi connectivity index (χ1v) is 9.05. The summed E-state index contributed by atoms with van der Waals surface area (Å²) in [4.78, 5) is 32.9. The molecule has 0 unspecified atom stereocenters. The summed E-state index contributed by atoms with van der Waals surface area (Å²) in [5, 5.41) is 0. The average molecular weight is 332 g/mol. The number of imidazole rings is 1. The van der Waals surface area contributed by atoms with Gasteiger partial charge in [0.15, 0.2) is 0 Å². The minimum atomic E-state index is 0.172. The third-order valence-corrected chi connectivity index (χ3v) is 5.20. The van der Waals surface area contributed by atoms with Crippen LogP contribution in [0.15, 0.2) is 12.4 Å². The summed E-state index contributed by atoms with van der Waals surface area (Å²) >= 11 is 0. The van der Waals surface area contributed by atoms with Crippen LogP contribution in [0, 0.1) is 11.8 Å². The predicted molar refractivity (Wildman–Crippen MR) is 91.4 cm³/mol. The van der Waals surface area contributed by atoms with Gasteiger partial charge in [0, 0.05) is 63.4 Å². The van der Waals surface area contributed by atoms with Crippen LogP contribution >= 0.6 is 0 Å². The second-order valence-electron chi connectivity index (χ2n) is 7.41. The number of hydrogen-bond acceptors (Lipinski definition) is 3. The fraction of sp³-hybridized carbons (Fsp3) is 0.722. The molecule has 2 amide bonds. The molecule has 6 nitrogen and oxygen atoms in total. The van der Waals surface area contributed by atoms with Gasteiger partial charge in [0.2, 0.25) is 11.8 Å². The molecule has 2 aliphatic rings. The zero-order chi connectivity index (χ0) is 17.3. The number of carbonyl (C=O) groups excluding carboxylic acids is 2. The molecule has 24 heavy (non-hydrogen) atoms. The van der Waals surface area contributed by atoms with Gasteiger partial charge in [-0.1, -0.05) is 20.8 Å². The van der Waals surface area contributed by atoms with Gasteiger partial charge in [0.1, 0.15) is 5.82 Å². The zero-order valence-electron chi connectivity index (χ0n) is 14.9. The second-order valence-corrected chi connectivity index (χ2v) is 7.41. The molecule has 1 aliphatic carbocycles. The molecule has 3 rings (SSSR count). The minimum Gasteiger partial charge on any atom is -0.339 e. The highest BCUT2D eigenvalue weighted by molar-refractivity contribution is 5.82. The molecule has 6 heteroatoms. The van der Waals surface area contributed by atoms with Crippen molar-refractivity contribution in [3.63, 3.8) is 0 Å². The summed E-state index contributed by atoms with van der Waals surface area (Å²) in [6.07, 6.45) is 5.25. The quantitative estimate of drug-likeness (QED) is 0.825. The van der Waals surface area contributed by atoms with E-state index in [-0.39, 0.29) is 17.7 Å². The number of nitrogens with zero attached hydrogens (tertiary/aromatic N) is 4. The number of amides is 2. The highest BCUT2D eigenvalue weighted by Crippen LogP contribution is 2.39. The fourth-order valence-corrected chi connectivity index (χ4v) is 3.46. The second kappa shape index (κ2) is 6.95. The van der Waals surface area contributed by atoms with Crippen LogP contribution in [0.25, 0.3) is 0 Å². The van der Waals surface area contributed by atoms with E-state index in [9.17, 15) is 9.59 Å².